The van der Waals surface area contributed by atoms with Crippen LogP contribution in [-0.2, 0) is 4.79 Å². The Morgan fingerprint density at radius 3 is 2.47 bits per heavy atom. The standard InChI is InChI=1S/C24H29N5O4S/c1-5-15(3)20(26-23(31)25-17-10-12-18(13-11-17)33-6-2)21(30)27-24-29-28-22(34-24)16-8-7-9-19(14-16)32-4/h7-15,20H,5-6H2,1-4H3,(H2,25,26,31)(H,27,29,30)/t15-,20+/m1/s1. The van der Waals surface area contributed by atoms with Gasteiger partial charge in [0, 0.05) is 11.3 Å². The zero-order chi connectivity index (χ0) is 24.5. The Labute approximate surface area is 202 Å². The molecule has 0 saturated heterocycles. The Morgan fingerprint density at radius 1 is 1.03 bits per heavy atom. The van der Waals surface area contributed by atoms with Crippen molar-refractivity contribution in [2.75, 3.05) is 24.4 Å². The second-order valence-electron chi connectivity index (χ2n) is 7.55. The third kappa shape index (κ3) is 6.67. The lowest BCUT2D eigenvalue weighted by atomic mass is 9.98. The number of urea groups is 1. The number of anilines is 2. The molecule has 0 radical (unpaired) electrons. The predicted octanol–water partition coefficient (Wildman–Crippen LogP) is 4.79. The van der Waals surface area contributed by atoms with Crippen molar-refractivity contribution in [3.63, 3.8) is 0 Å². The summed E-state index contributed by atoms with van der Waals surface area (Å²) in [5, 5.41) is 17.6. The van der Waals surface area contributed by atoms with E-state index in [1.54, 1.807) is 31.4 Å². The van der Waals surface area contributed by atoms with Gasteiger partial charge in [-0.05, 0) is 49.2 Å². The van der Waals surface area contributed by atoms with Crippen molar-refractivity contribution in [1.82, 2.24) is 15.5 Å². The Bertz CT molecular complexity index is 1100. The minimum atomic E-state index is -0.753. The van der Waals surface area contributed by atoms with Crippen molar-refractivity contribution < 1.29 is 19.1 Å². The molecular formula is C24H29N5O4S. The number of amides is 3. The molecule has 3 aromatic rings. The number of rotatable bonds is 10. The first-order chi connectivity index (χ1) is 16.4. The van der Waals surface area contributed by atoms with Gasteiger partial charge in [0.25, 0.3) is 0 Å². The number of benzene rings is 2. The summed E-state index contributed by atoms with van der Waals surface area (Å²) >= 11 is 1.25. The van der Waals surface area contributed by atoms with Crippen LogP contribution < -0.4 is 25.4 Å². The Hall–Kier alpha value is -3.66. The smallest absolute Gasteiger partial charge is 0.319 e. The minimum Gasteiger partial charge on any atom is -0.497 e. The van der Waals surface area contributed by atoms with E-state index in [1.807, 2.05) is 45.0 Å². The number of aromatic nitrogens is 2. The Kier molecular flexibility index (Phi) is 8.80. The molecule has 1 aromatic heterocycles. The summed E-state index contributed by atoms with van der Waals surface area (Å²) < 4.78 is 10.7. The fourth-order valence-electron chi connectivity index (χ4n) is 3.14. The van der Waals surface area contributed by atoms with Crippen LogP contribution >= 0.6 is 11.3 Å². The summed E-state index contributed by atoms with van der Waals surface area (Å²) in [6.07, 6.45) is 0.701. The fourth-order valence-corrected chi connectivity index (χ4v) is 3.88. The van der Waals surface area contributed by atoms with Gasteiger partial charge in [0.2, 0.25) is 11.0 Å². The third-order valence-corrected chi connectivity index (χ3v) is 6.06. The van der Waals surface area contributed by atoms with Gasteiger partial charge in [0.1, 0.15) is 22.5 Å². The highest BCUT2D eigenvalue weighted by molar-refractivity contribution is 7.18. The van der Waals surface area contributed by atoms with E-state index in [1.165, 1.54) is 11.3 Å². The SMILES string of the molecule is CCOc1ccc(NC(=O)N[C@H](C(=O)Nc2nnc(-c3cccc(OC)c3)s2)[C@H](C)CC)cc1. The Balaban J connectivity index is 1.65. The van der Waals surface area contributed by atoms with Gasteiger partial charge in [-0.1, -0.05) is 43.7 Å². The molecule has 0 aliphatic carbocycles. The van der Waals surface area contributed by atoms with Gasteiger partial charge in [-0.15, -0.1) is 10.2 Å². The van der Waals surface area contributed by atoms with Crippen LogP contribution in [0.2, 0.25) is 0 Å². The summed E-state index contributed by atoms with van der Waals surface area (Å²) in [7, 11) is 1.60. The van der Waals surface area contributed by atoms with E-state index in [0.29, 0.717) is 34.6 Å². The number of ether oxygens (including phenoxy) is 2. The monoisotopic (exact) mass is 483 g/mol. The van der Waals surface area contributed by atoms with Crippen LogP contribution in [0, 0.1) is 5.92 Å². The normalized spacial score (nSPS) is 12.4. The van der Waals surface area contributed by atoms with Gasteiger partial charge in [-0.25, -0.2) is 4.79 Å². The molecule has 10 heteroatoms. The molecular weight excluding hydrogens is 454 g/mol. The molecule has 0 bridgehead atoms. The van der Waals surface area contributed by atoms with E-state index < -0.39 is 12.1 Å². The summed E-state index contributed by atoms with van der Waals surface area (Å²) in [6, 6.07) is 13.2. The molecule has 1 heterocycles. The molecule has 0 saturated carbocycles. The van der Waals surface area contributed by atoms with Crippen LogP contribution in [-0.4, -0.2) is 41.9 Å². The maximum atomic E-state index is 13.0. The van der Waals surface area contributed by atoms with Crippen LogP contribution in [0.15, 0.2) is 48.5 Å². The highest BCUT2D eigenvalue weighted by Gasteiger charge is 2.27. The number of carbonyl (C=O) groups excluding carboxylic acids is 2. The van der Waals surface area contributed by atoms with Crippen molar-refractivity contribution in [2.24, 2.45) is 5.92 Å². The number of nitrogens with one attached hydrogen (secondary N) is 3. The second-order valence-corrected chi connectivity index (χ2v) is 8.53. The first-order valence-corrected chi connectivity index (χ1v) is 11.8. The molecule has 34 heavy (non-hydrogen) atoms. The first-order valence-electron chi connectivity index (χ1n) is 11.0. The quantitative estimate of drug-likeness (QED) is 0.382. The van der Waals surface area contributed by atoms with E-state index in [2.05, 4.69) is 26.1 Å². The largest absolute Gasteiger partial charge is 0.497 e. The average molecular weight is 484 g/mol. The molecule has 9 nitrogen and oxygen atoms in total. The topological polar surface area (TPSA) is 114 Å². The number of carbonyl (C=O) groups is 2. The lowest BCUT2D eigenvalue weighted by Gasteiger charge is -2.23. The lowest BCUT2D eigenvalue weighted by molar-refractivity contribution is -0.119. The molecule has 0 fully saturated rings. The van der Waals surface area contributed by atoms with Gasteiger partial charge in [-0.3, -0.25) is 10.1 Å². The molecule has 3 N–H and O–H groups in total. The predicted molar refractivity (Wildman–Crippen MR) is 134 cm³/mol. The summed E-state index contributed by atoms with van der Waals surface area (Å²) in [5.41, 5.74) is 1.43. The molecule has 3 amide bonds. The molecule has 0 unspecified atom stereocenters. The molecule has 0 aliphatic heterocycles. The highest BCUT2D eigenvalue weighted by Crippen LogP contribution is 2.29. The summed E-state index contributed by atoms with van der Waals surface area (Å²) in [6.45, 7) is 6.34. The van der Waals surface area contributed by atoms with Crippen molar-refractivity contribution in [3.05, 3.63) is 48.5 Å². The number of hydrogen-bond acceptors (Lipinski definition) is 7. The van der Waals surface area contributed by atoms with Crippen LogP contribution in [0.4, 0.5) is 15.6 Å². The van der Waals surface area contributed by atoms with E-state index in [-0.39, 0.29) is 11.8 Å². The zero-order valence-corrected chi connectivity index (χ0v) is 20.4. The maximum absolute atomic E-state index is 13.0. The zero-order valence-electron chi connectivity index (χ0n) is 19.6. The molecule has 2 aromatic carbocycles. The molecule has 2 atom stereocenters. The van der Waals surface area contributed by atoms with Crippen molar-refractivity contribution >= 4 is 34.1 Å². The van der Waals surface area contributed by atoms with Crippen molar-refractivity contribution in [1.29, 1.82) is 0 Å². The van der Waals surface area contributed by atoms with Crippen molar-refractivity contribution in [2.45, 2.75) is 33.2 Å². The summed E-state index contributed by atoms with van der Waals surface area (Å²) in [4.78, 5) is 25.6. The van der Waals surface area contributed by atoms with Gasteiger partial charge in [-0.2, -0.15) is 0 Å². The highest BCUT2D eigenvalue weighted by atomic mass is 32.1. The number of nitrogens with zero attached hydrogens (tertiary/aromatic N) is 2. The van der Waals surface area contributed by atoms with E-state index in [0.717, 1.165) is 11.3 Å². The number of methoxy groups -OCH3 is 1. The van der Waals surface area contributed by atoms with E-state index >= 15 is 0 Å². The molecule has 0 aliphatic rings. The fraction of sp³-hybridized carbons (Fsp3) is 0.333. The van der Waals surface area contributed by atoms with E-state index in [4.69, 9.17) is 9.47 Å². The Morgan fingerprint density at radius 2 is 1.79 bits per heavy atom. The maximum Gasteiger partial charge on any atom is 0.319 e. The van der Waals surface area contributed by atoms with Crippen LogP contribution in [0.3, 0.4) is 0 Å². The third-order valence-electron chi connectivity index (χ3n) is 5.18. The molecule has 180 valence electrons. The van der Waals surface area contributed by atoms with Crippen molar-refractivity contribution in [3.8, 4) is 22.1 Å². The number of hydrogen-bond donors (Lipinski definition) is 3. The second kappa shape index (κ2) is 12.0. The van der Waals surface area contributed by atoms with Crippen LogP contribution in [0.1, 0.15) is 27.2 Å². The van der Waals surface area contributed by atoms with Crippen LogP contribution in [0.5, 0.6) is 11.5 Å². The van der Waals surface area contributed by atoms with Gasteiger partial charge < -0.3 is 20.1 Å². The summed E-state index contributed by atoms with van der Waals surface area (Å²) in [5.74, 6) is 0.968. The average Bonchev–Trinajstić information content (AvgIpc) is 3.32. The van der Waals surface area contributed by atoms with Gasteiger partial charge in [0.15, 0.2) is 0 Å². The first kappa shape index (κ1) is 25.0. The lowest BCUT2D eigenvalue weighted by Crippen LogP contribution is -2.49. The van der Waals surface area contributed by atoms with Crippen LogP contribution in [0.25, 0.3) is 10.6 Å². The van der Waals surface area contributed by atoms with Gasteiger partial charge >= 0.3 is 6.03 Å². The van der Waals surface area contributed by atoms with E-state index in [9.17, 15) is 9.59 Å². The molecule has 3 rings (SSSR count). The van der Waals surface area contributed by atoms with Gasteiger partial charge in [0.05, 0.1) is 13.7 Å². The molecule has 0 spiro atoms. The minimum absolute atomic E-state index is 0.100.